The number of rotatable bonds is 2. The van der Waals surface area contributed by atoms with Gasteiger partial charge in [-0.05, 0) is 22.4 Å². The van der Waals surface area contributed by atoms with Crippen LogP contribution in [0.3, 0.4) is 0 Å². The molecule has 2 aromatic rings. The van der Waals surface area contributed by atoms with Crippen molar-refractivity contribution in [2.24, 2.45) is 5.73 Å². The average molecular weight is 267 g/mol. The number of hydrogen-bond donors (Lipinski definition) is 1. The van der Waals surface area contributed by atoms with Crippen molar-refractivity contribution in [3.8, 4) is 0 Å². The molecule has 0 amide bonds. The maximum absolute atomic E-state index is 13.2. The van der Waals surface area contributed by atoms with Gasteiger partial charge in [-0.1, -0.05) is 44.2 Å². The molecular formula is C15H16F3N. The van der Waals surface area contributed by atoms with Crippen LogP contribution >= 0.6 is 0 Å². The van der Waals surface area contributed by atoms with E-state index in [1.165, 1.54) is 6.07 Å². The molecule has 0 aromatic heterocycles. The van der Waals surface area contributed by atoms with Crippen LogP contribution < -0.4 is 5.73 Å². The van der Waals surface area contributed by atoms with Crippen molar-refractivity contribution in [2.75, 3.05) is 6.54 Å². The zero-order chi connectivity index (χ0) is 14.3. The predicted molar refractivity (Wildman–Crippen MR) is 71.0 cm³/mol. The molecule has 0 unspecified atom stereocenters. The molecule has 2 rings (SSSR count). The first-order chi connectivity index (χ1) is 8.77. The van der Waals surface area contributed by atoms with E-state index in [0.29, 0.717) is 10.9 Å². The molecule has 19 heavy (non-hydrogen) atoms. The molecule has 0 radical (unpaired) electrons. The van der Waals surface area contributed by atoms with Crippen LogP contribution in [-0.4, -0.2) is 6.54 Å². The third-order valence-corrected chi connectivity index (χ3v) is 3.45. The normalized spacial score (nSPS) is 12.9. The summed E-state index contributed by atoms with van der Waals surface area (Å²) < 4.78 is 39.5. The first-order valence-corrected chi connectivity index (χ1v) is 6.07. The van der Waals surface area contributed by atoms with Gasteiger partial charge in [-0.2, -0.15) is 13.2 Å². The van der Waals surface area contributed by atoms with Crippen LogP contribution in [0.25, 0.3) is 10.8 Å². The van der Waals surface area contributed by atoms with Crippen molar-refractivity contribution in [1.82, 2.24) is 0 Å². The molecule has 0 spiro atoms. The van der Waals surface area contributed by atoms with Crippen LogP contribution in [0, 0.1) is 0 Å². The molecule has 0 saturated carbocycles. The Hall–Kier alpha value is -1.55. The molecule has 0 aliphatic carbocycles. The van der Waals surface area contributed by atoms with Gasteiger partial charge < -0.3 is 5.73 Å². The number of fused-ring (bicyclic) bond motifs is 1. The summed E-state index contributed by atoms with van der Waals surface area (Å²) in [6, 6.07) is 9.45. The van der Waals surface area contributed by atoms with Crippen molar-refractivity contribution >= 4 is 10.8 Å². The van der Waals surface area contributed by atoms with E-state index >= 15 is 0 Å². The van der Waals surface area contributed by atoms with Crippen molar-refractivity contribution in [1.29, 1.82) is 0 Å². The maximum atomic E-state index is 13.2. The Morgan fingerprint density at radius 3 is 1.95 bits per heavy atom. The lowest BCUT2D eigenvalue weighted by atomic mass is 9.80. The smallest absolute Gasteiger partial charge is 0.330 e. The lowest BCUT2D eigenvalue weighted by Gasteiger charge is -2.26. The van der Waals surface area contributed by atoms with Gasteiger partial charge in [0.05, 0.1) is 5.56 Å². The first kappa shape index (κ1) is 13.9. The van der Waals surface area contributed by atoms with Gasteiger partial charge in [-0.25, -0.2) is 0 Å². The van der Waals surface area contributed by atoms with E-state index in [4.69, 9.17) is 5.73 Å². The van der Waals surface area contributed by atoms with Crippen molar-refractivity contribution in [3.05, 3.63) is 47.5 Å². The predicted octanol–water partition coefficient (Wildman–Crippen LogP) is 4.09. The fraction of sp³-hybridized carbons (Fsp3) is 0.333. The third kappa shape index (κ3) is 2.45. The van der Waals surface area contributed by atoms with Crippen molar-refractivity contribution < 1.29 is 13.2 Å². The molecule has 0 heterocycles. The van der Waals surface area contributed by atoms with Gasteiger partial charge in [0.15, 0.2) is 0 Å². The lowest BCUT2D eigenvalue weighted by molar-refractivity contribution is -0.136. The highest BCUT2D eigenvalue weighted by Crippen LogP contribution is 2.39. The van der Waals surface area contributed by atoms with Crippen LogP contribution in [0.2, 0.25) is 0 Å². The van der Waals surface area contributed by atoms with E-state index in [1.807, 2.05) is 13.8 Å². The summed E-state index contributed by atoms with van der Waals surface area (Å²) >= 11 is 0. The van der Waals surface area contributed by atoms with E-state index in [1.54, 1.807) is 24.3 Å². The standard InChI is InChI=1S/C15H16F3N/c1-14(2,9-19)11-7-3-5-10-6-4-8-12(13(10)11)15(16,17)18/h3-8H,9,19H2,1-2H3. The van der Waals surface area contributed by atoms with Crippen molar-refractivity contribution in [3.63, 3.8) is 0 Å². The Morgan fingerprint density at radius 2 is 1.47 bits per heavy atom. The quantitative estimate of drug-likeness (QED) is 0.871. The molecule has 4 heteroatoms. The van der Waals surface area contributed by atoms with Crippen LogP contribution in [-0.2, 0) is 11.6 Å². The fourth-order valence-electron chi connectivity index (χ4n) is 2.25. The highest BCUT2D eigenvalue weighted by molar-refractivity contribution is 5.90. The number of hydrogen-bond acceptors (Lipinski definition) is 1. The molecule has 0 saturated heterocycles. The highest BCUT2D eigenvalue weighted by atomic mass is 19.4. The molecule has 1 nitrogen and oxygen atoms in total. The second-order valence-electron chi connectivity index (χ2n) is 5.30. The molecule has 102 valence electrons. The minimum Gasteiger partial charge on any atom is -0.330 e. The number of halogens is 3. The summed E-state index contributed by atoms with van der Waals surface area (Å²) in [5, 5.41) is 0.849. The van der Waals surface area contributed by atoms with Gasteiger partial charge >= 0.3 is 6.18 Å². The van der Waals surface area contributed by atoms with Crippen molar-refractivity contribution in [2.45, 2.75) is 25.4 Å². The summed E-state index contributed by atoms with van der Waals surface area (Å²) in [5.74, 6) is 0. The van der Waals surface area contributed by atoms with E-state index < -0.39 is 17.2 Å². The van der Waals surface area contributed by atoms with Gasteiger partial charge in [0.25, 0.3) is 0 Å². The van der Waals surface area contributed by atoms with Gasteiger partial charge in [0.2, 0.25) is 0 Å². The largest absolute Gasteiger partial charge is 0.417 e. The summed E-state index contributed by atoms with van der Waals surface area (Å²) in [6.45, 7) is 4.00. The Labute approximate surface area is 110 Å². The van der Waals surface area contributed by atoms with Gasteiger partial charge in [0, 0.05) is 12.0 Å². The fourth-order valence-corrected chi connectivity index (χ4v) is 2.25. The average Bonchev–Trinajstić information content (AvgIpc) is 2.36. The Kier molecular flexibility index (Phi) is 3.31. The summed E-state index contributed by atoms with van der Waals surface area (Å²) in [5.41, 5.74) is 5.25. The summed E-state index contributed by atoms with van der Waals surface area (Å²) in [6.07, 6.45) is -4.36. The third-order valence-electron chi connectivity index (χ3n) is 3.45. The Morgan fingerprint density at radius 1 is 0.947 bits per heavy atom. The molecule has 0 bridgehead atoms. The number of alkyl halides is 3. The van der Waals surface area contributed by atoms with Crippen LogP contribution in [0.1, 0.15) is 25.0 Å². The van der Waals surface area contributed by atoms with E-state index in [2.05, 4.69) is 0 Å². The van der Waals surface area contributed by atoms with E-state index in [9.17, 15) is 13.2 Å². The SMILES string of the molecule is CC(C)(CN)c1cccc2cccc(C(F)(F)F)c12. The molecule has 0 aliphatic rings. The van der Waals surface area contributed by atoms with Crippen LogP contribution in [0.5, 0.6) is 0 Å². The zero-order valence-corrected chi connectivity index (χ0v) is 10.9. The van der Waals surface area contributed by atoms with Gasteiger partial charge in [0.1, 0.15) is 0 Å². The monoisotopic (exact) mass is 267 g/mol. The van der Waals surface area contributed by atoms with Crippen LogP contribution in [0.4, 0.5) is 13.2 Å². The second kappa shape index (κ2) is 4.53. The van der Waals surface area contributed by atoms with Gasteiger partial charge in [-0.3, -0.25) is 0 Å². The topological polar surface area (TPSA) is 26.0 Å². The molecular weight excluding hydrogens is 251 g/mol. The molecule has 2 N–H and O–H groups in total. The zero-order valence-electron chi connectivity index (χ0n) is 10.9. The summed E-state index contributed by atoms with van der Waals surface area (Å²) in [7, 11) is 0. The molecule has 0 aliphatic heterocycles. The lowest BCUT2D eigenvalue weighted by Crippen LogP contribution is -2.28. The van der Waals surface area contributed by atoms with Crippen LogP contribution in [0.15, 0.2) is 36.4 Å². The Bertz CT molecular complexity index is 595. The molecule has 2 aromatic carbocycles. The minimum atomic E-state index is -4.36. The minimum absolute atomic E-state index is 0.257. The number of benzene rings is 2. The highest BCUT2D eigenvalue weighted by Gasteiger charge is 2.34. The van der Waals surface area contributed by atoms with E-state index in [-0.39, 0.29) is 11.9 Å². The van der Waals surface area contributed by atoms with Gasteiger partial charge in [-0.15, -0.1) is 0 Å². The summed E-state index contributed by atoms with van der Waals surface area (Å²) in [4.78, 5) is 0. The van der Waals surface area contributed by atoms with E-state index in [0.717, 1.165) is 6.07 Å². The maximum Gasteiger partial charge on any atom is 0.417 e. The molecule has 0 atom stereocenters. The first-order valence-electron chi connectivity index (χ1n) is 6.07. The second-order valence-corrected chi connectivity index (χ2v) is 5.30. The molecule has 0 fully saturated rings. The number of nitrogens with two attached hydrogens (primary N) is 1. The Balaban J connectivity index is 2.87.